The first-order valence-electron chi connectivity index (χ1n) is 11.1. The van der Waals surface area contributed by atoms with Gasteiger partial charge in [0, 0.05) is 31.7 Å². The maximum Gasteiger partial charge on any atom is 0.251 e. The second-order valence-electron chi connectivity index (χ2n) is 8.40. The molecule has 0 saturated carbocycles. The molecule has 0 aromatic heterocycles. The van der Waals surface area contributed by atoms with Gasteiger partial charge in [0.25, 0.3) is 5.91 Å². The van der Waals surface area contributed by atoms with Gasteiger partial charge >= 0.3 is 0 Å². The molecular weight excluding hydrogens is 390 g/mol. The van der Waals surface area contributed by atoms with Crippen molar-refractivity contribution >= 4 is 17.5 Å². The highest BCUT2D eigenvalue weighted by Gasteiger charge is 2.23. The lowest BCUT2D eigenvalue weighted by Crippen LogP contribution is -2.37. The van der Waals surface area contributed by atoms with Gasteiger partial charge in [-0.15, -0.1) is 0 Å². The average molecular weight is 424 g/mol. The lowest BCUT2D eigenvalue weighted by atomic mass is 10.0. The van der Waals surface area contributed by atoms with Gasteiger partial charge in [0.05, 0.1) is 13.2 Å². The van der Waals surface area contributed by atoms with Crippen LogP contribution in [-0.4, -0.2) is 49.6 Å². The van der Waals surface area contributed by atoms with Crippen molar-refractivity contribution in [2.75, 3.05) is 38.2 Å². The van der Waals surface area contributed by atoms with Crippen LogP contribution < -0.4 is 10.6 Å². The Bertz CT molecular complexity index is 831. The van der Waals surface area contributed by atoms with E-state index in [0.29, 0.717) is 6.42 Å². The van der Waals surface area contributed by atoms with Crippen LogP contribution in [0.1, 0.15) is 37.4 Å². The zero-order valence-corrected chi connectivity index (χ0v) is 18.5. The molecule has 1 aliphatic rings. The zero-order chi connectivity index (χ0) is 22.1. The number of amides is 2. The first kappa shape index (κ1) is 23.0. The number of morpholine rings is 1. The van der Waals surface area contributed by atoms with Crippen LogP contribution in [-0.2, 0) is 20.7 Å². The number of ether oxygens (including phenoxy) is 1. The predicted molar refractivity (Wildman–Crippen MR) is 123 cm³/mol. The molecule has 1 aliphatic heterocycles. The van der Waals surface area contributed by atoms with Crippen molar-refractivity contribution in [3.63, 3.8) is 0 Å². The van der Waals surface area contributed by atoms with E-state index in [1.165, 1.54) is 5.56 Å². The van der Waals surface area contributed by atoms with Gasteiger partial charge in [-0.1, -0.05) is 56.3 Å². The number of carbonyl (C=O) groups excluding carboxylic acids is 2. The van der Waals surface area contributed by atoms with Crippen LogP contribution in [0, 0.1) is 5.92 Å². The summed E-state index contributed by atoms with van der Waals surface area (Å²) in [7, 11) is 0. The van der Waals surface area contributed by atoms with Gasteiger partial charge in [-0.25, -0.2) is 0 Å². The molecule has 2 aromatic rings. The highest BCUT2D eigenvalue weighted by atomic mass is 16.5. The third kappa shape index (κ3) is 7.49. The van der Waals surface area contributed by atoms with Crippen molar-refractivity contribution < 1.29 is 14.3 Å². The average Bonchev–Trinajstić information content (AvgIpc) is 2.78. The maximum atomic E-state index is 13.0. The van der Waals surface area contributed by atoms with Crippen LogP contribution in [0.4, 0.5) is 5.69 Å². The van der Waals surface area contributed by atoms with Gasteiger partial charge in [0.2, 0.25) is 5.91 Å². The molecule has 1 fully saturated rings. The van der Waals surface area contributed by atoms with Crippen molar-refractivity contribution in [2.24, 2.45) is 5.92 Å². The van der Waals surface area contributed by atoms with E-state index in [1.807, 2.05) is 68.4 Å². The fraction of sp³-hybridized carbons (Fsp3) is 0.440. The molecular formula is C25H33N3O3. The molecule has 2 amide bonds. The molecule has 0 spiro atoms. The number of anilines is 1. The summed E-state index contributed by atoms with van der Waals surface area (Å²) in [5, 5.41) is 5.84. The van der Waals surface area contributed by atoms with Crippen LogP contribution in [0.2, 0.25) is 0 Å². The Hall–Kier alpha value is -2.70. The van der Waals surface area contributed by atoms with Crippen molar-refractivity contribution in [3.05, 3.63) is 65.7 Å². The van der Waals surface area contributed by atoms with Crippen molar-refractivity contribution in [3.8, 4) is 0 Å². The largest absolute Gasteiger partial charge is 0.379 e. The topological polar surface area (TPSA) is 70.7 Å². The summed E-state index contributed by atoms with van der Waals surface area (Å²) in [6.07, 6.45) is 1.35. The van der Waals surface area contributed by atoms with E-state index in [9.17, 15) is 9.59 Å². The minimum absolute atomic E-state index is 0.127. The van der Waals surface area contributed by atoms with E-state index >= 15 is 0 Å². The molecule has 6 nitrogen and oxygen atoms in total. The van der Waals surface area contributed by atoms with Crippen LogP contribution in [0.15, 0.2) is 54.6 Å². The summed E-state index contributed by atoms with van der Waals surface area (Å²) >= 11 is 0. The van der Waals surface area contributed by atoms with E-state index in [0.717, 1.165) is 50.5 Å². The Labute approximate surface area is 185 Å². The molecule has 0 radical (unpaired) electrons. The van der Waals surface area contributed by atoms with E-state index in [2.05, 4.69) is 15.5 Å². The normalized spacial score (nSPS) is 15.5. The fourth-order valence-corrected chi connectivity index (χ4v) is 3.62. The van der Waals surface area contributed by atoms with Gasteiger partial charge in [-0.2, -0.15) is 0 Å². The van der Waals surface area contributed by atoms with Gasteiger partial charge < -0.3 is 15.4 Å². The number of benzene rings is 2. The third-order valence-corrected chi connectivity index (χ3v) is 5.34. The van der Waals surface area contributed by atoms with Gasteiger partial charge in [-0.05, 0) is 35.6 Å². The second-order valence-corrected chi connectivity index (χ2v) is 8.40. The number of carbonyl (C=O) groups is 2. The Morgan fingerprint density at radius 2 is 1.68 bits per heavy atom. The predicted octanol–water partition coefficient (Wildman–Crippen LogP) is 3.40. The van der Waals surface area contributed by atoms with E-state index in [1.54, 1.807) is 0 Å². The van der Waals surface area contributed by atoms with E-state index in [-0.39, 0.29) is 17.7 Å². The molecule has 1 unspecified atom stereocenters. The molecule has 2 N–H and O–H groups in total. The first-order valence-corrected chi connectivity index (χ1v) is 11.1. The quantitative estimate of drug-likeness (QED) is 0.649. The van der Waals surface area contributed by atoms with E-state index < -0.39 is 6.04 Å². The summed E-state index contributed by atoms with van der Waals surface area (Å²) < 4.78 is 5.39. The highest BCUT2D eigenvalue weighted by molar-refractivity contribution is 5.97. The SMILES string of the molecule is CC(C)CC(=O)NC(C(=O)Nc1ccc(CCN2CCOCC2)cc1)c1ccccc1. The molecule has 31 heavy (non-hydrogen) atoms. The molecule has 2 aromatic carbocycles. The smallest absolute Gasteiger partial charge is 0.251 e. The van der Waals surface area contributed by atoms with Gasteiger partial charge in [0.15, 0.2) is 0 Å². The number of hydrogen-bond acceptors (Lipinski definition) is 4. The van der Waals surface area contributed by atoms with Crippen molar-refractivity contribution in [2.45, 2.75) is 32.7 Å². The number of nitrogens with one attached hydrogen (secondary N) is 2. The van der Waals surface area contributed by atoms with Crippen LogP contribution in [0.25, 0.3) is 0 Å². The third-order valence-electron chi connectivity index (χ3n) is 5.34. The fourth-order valence-electron chi connectivity index (χ4n) is 3.62. The lowest BCUT2D eigenvalue weighted by molar-refractivity contribution is -0.127. The molecule has 166 valence electrons. The summed E-state index contributed by atoms with van der Waals surface area (Å²) in [5.41, 5.74) is 2.72. The molecule has 1 saturated heterocycles. The van der Waals surface area contributed by atoms with Crippen LogP contribution >= 0.6 is 0 Å². The van der Waals surface area contributed by atoms with Crippen LogP contribution in [0.5, 0.6) is 0 Å². The standard InChI is InChI=1S/C25H33N3O3/c1-19(2)18-23(29)27-24(21-6-4-3-5-7-21)25(30)26-22-10-8-20(9-11-22)12-13-28-14-16-31-17-15-28/h3-11,19,24H,12-18H2,1-2H3,(H,26,30)(H,27,29). The molecule has 3 rings (SSSR count). The molecule has 1 atom stereocenters. The van der Waals surface area contributed by atoms with Crippen LogP contribution in [0.3, 0.4) is 0 Å². The van der Waals surface area contributed by atoms with Crippen molar-refractivity contribution in [1.82, 2.24) is 10.2 Å². The Balaban J connectivity index is 1.60. The molecule has 0 aliphatic carbocycles. The summed E-state index contributed by atoms with van der Waals surface area (Å²) in [6, 6.07) is 16.5. The highest BCUT2D eigenvalue weighted by Crippen LogP contribution is 2.18. The Morgan fingerprint density at radius 3 is 2.32 bits per heavy atom. The van der Waals surface area contributed by atoms with Gasteiger partial charge in [0.1, 0.15) is 6.04 Å². The zero-order valence-electron chi connectivity index (χ0n) is 18.5. The maximum absolute atomic E-state index is 13.0. The second kappa shape index (κ2) is 11.6. The first-order chi connectivity index (χ1) is 15.0. The monoisotopic (exact) mass is 423 g/mol. The van der Waals surface area contributed by atoms with E-state index in [4.69, 9.17) is 4.74 Å². The number of nitrogens with zero attached hydrogens (tertiary/aromatic N) is 1. The summed E-state index contributed by atoms with van der Waals surface area (Å²) in [4.78, 5) is 27.8. The molecule has 1 heterocycles. The summed E-state index contributed by atoms with van der Waals surface area (Å²) in [5.74, 6) is -0.147. The summed E-state index contributed by atoms with van der Waals surface area (Å²) in [6.45, 7) is 8.56. The van der Waals surface area contributed by atoms with Gasteiger partial charge in [-0.3, -0.25) is 14.5 Å². The lowest BCUT2D eigenvalue weighted by Gasteiger charge is -2.26. The Kier molecular flexibility index (Phi) is 8.62. The number of rotatable bonds is 9. The minimum atomic E-state index is -0.728. The van der Waals surface area contributed by atoms with Crippen molar-refractivity contribution in [1.29, 1.82) is 0 Å². The Morgan fingerprint density at radius 1 is 1.00 bits per heavy atom. The molecule has 0 bridgehead atoms. The number of hydrogen-bond donors (Lipinski definition) is 2. The minimum Gasteiger partial charge on any atom is -0.379 e. The molecule has 6 heteroatoms.